The van der Waals surface area contributed by atoms with Crippen LogP contribution in [0.4, 0.5) is 5.69 Å². The van der Waals surface area contributed by atoms with Crippen LogP contribution in [0, 0.1) is 0 Å². The summed E-state index contributed by atoms with van der Waals surface area (Å²) in [5.41, 5.74) is 5.99. The quantitative estimate of drug-likeness (QED) is 0.467. The molecule has 0 saturated heterocycles. The van der Waals surface area contributed by atoms with Crippen molar-refractivity contribution in [1.29, 1.82) is 0 Å². The maximum absolute atomic E-state index is 11.2. The Morgan fingerprint density at radius 3 is 2.45 bits per heavy atom. The number of nitrogens with two attached hydrogens (primary N) is 2. The molecule has 0 aliphatic heterocycles. The zero-order chi connectivity index (χ0) is 8.48. The minimum Gasteiger partial charge on any atom is -0.399 e. The van der Waals surface area contributed by atoms with Crippen LogP contribution in [0.1, 0.15) is 0 Å². The Balaban J connectivity index is 3.28. The van der Waals surface area contributed by atoms with E-state index >= 15 is 0 Å². The van der Waals surface area contributed by atoms with Gasteiger partial charge in [0.1, 0.15) is 0 Å². The number of hydrogen-bond acceptors (Lipinski definition) is 2. The molecule has 11 heavy (non-hydrogen) atoms. The summed E-state index contributed by atoms with van der Waals surface area (Å²) in [6, 6.07) is 6.61. The molecule has 4 N–H and O–H groups in total. The third-order valence-electron chi connectivity index (χ3n) is 1.26. The van der Waals surface area contributed by atoms with Gasteiger partial charge in [-0.25, -0.2) is 4.21 Å². The summed E-state index contributed by atoms with van der Waals surface area (Å²) in [4.78, 5) is 0.484. The molecule has 0 saturated carbocycles. The fourth-order valence-corrected chi connectivity index (χ4v) is 1.37. The Bertz CT molecular complexity index is 356. The summed E-state index contributed by atoms with van der Waals surface area (Å²) in [6.45, 7) is 0. The Morgan fingerprint density at radius 1 is 1.45 bits per heavy atom. The van der Waals surface area contributed by atoms with Crippen LogP contribution in [0.25, 0.3) is 0 Å². The molecule has 60 valence electrons. The van der Waals surface area contributed by atoms with Crippen molar-refractivity contribution in [2.45, 2.75) is 4.90 Å². The summed E-state index contributed by atoms with van der Waals surface area (Å²) < 4.78 is 11.2. The van der Waals surface area contributed by atoms with Crippen LogP contribution in [0.5, 0.6) is 0 Å². The average molecular weight is 170 g/mol. The molecule has 1 aromatic carbocycles. The molecule has 0 heterocycles. The second-order valence-electron chi connectivity index (χ2n) is 2.30. The van der Waals surface area contributed by atoms with Gasteiger partial charge in [0.25, 0.3) is 0 Å². The zero-order valence-electron chi connectivity index (χ0n) is 5.99. The fraction of sp³-hybridized carbons (Fsp3) is 0. The van der Waals surface area contributed by atoms with E-state index in [9.17, 15) is 4.21 Å². The summed E-state index contributed by atoms with van der Waals surface area (Å²) in [5, 5.41) is 5.29. The Labute approximate surface area is 66.2 Å². The monoisotopic (exact) mass is 170 g/mol. The van der Waals surface area contributed by atoms with Crippen molar-refractivity contribution in [2.24, 2.45) is 5.14 Å². The van der Waals surface area contributed by atoms with Crippen LogP contribution in [-0.4, -0.2) is 10.1 Å². The normalized spacial score (nSPS) is 15.7. The number of anilines is 1. The van der Waals surface area contributed by atoms with E-state index in [1.807, 2.05) is 0 Å². The van der Waals surface area contributed by atoms with E-state index in [-0.39, 0.29) is 0 Å². The second-order valence-corrected chi connectivity index (χ2v) is 4.22. The first-order valence-electron chi connectivity index (χ1n) is 3.01. The van der Waals surface area contributed by atoms with Crippen LogP contribution in [0.15, 0.2) is 29.2 Å². The third kappa shape index (κ3) is 1.96. The zero-order valence-corrected chi connectivity index (χ0v) is 6.80. The lowest BCUT2D eigenvalue weighted by Crippen LogP contribution is -2.11. The van der Waals surface area contributed by atoms with Crippen LogP contribution in [-0.2, 0) is 9.71 Å². The number of rotatable bonds is 1. The lowest BCUT2D eigenvalue weighted by molar-refractivity contribution is 0.682. The molecule has 0 aliphatic rings. The summed E-state index contributed by atoms with van der Waals surface area (Å²) in [6.07, 6.45) is 0. The SMILES string of the molecule is C=S(N)(=O)c1cccc(N)c1. The van der Waals surface area contributed by atoms with Gasteiger partial charge in [-0.05, 0) is 24.1 Å². The molecule has 1 atom stereocenters. The largest absolute Gasteiger partial charge is 0.399 e. The molecule has 1 rings (SSSR count). The van der Waals surface area contributed by atoms with Gasteiger partial charge in [-0.2, -0.15) is 0 Å². The molecule has 0 fully saturated rings. The molecule has 0 aromatic heterocycles. The first kappa shape index (κ1) is 8.10. The first-order valence-corrected chi connectivity index (χ1v) is 4.80. The lowest BCUT2D eigenvalue weighted by Gasteiger charge is -2.02. The minimum absolute atomic E-state index is 0.484. The Hall–Kier alpha value is -1.00. The highest BCUT2D eigenvalue weighted by Gasteiger charge is 1.99. The molecule has 0 spiro atoms. The van der Waals surface area contributed by atoms with E-state index in [0.29, 0.717) is 10.6 Å². The molecule has 3 nitrogen and oxygen atoms in total. The van der Waals surface area contributed by atoms with Crippen molar-refractivity contribution in [1.82, 2.24) is 0 Å². The molecule has 4 heteroatoms. The Morgan fingerprint density at radius 2 is 2.09 bits per heavy atom. The maximum Gasteiger partial charge on any atom is 0.0508 e. The van der Waals surface area contributed by atoms with Gasteiger partial charge in [-0.15, -0.1) is 0 Å². The highest BCUT2D eigenvalue weighted by molar-refractivity contribution is 7.98. The molecule has 0 aliphatic carbocycles. The lowest BCUT2D eigenvalue weighted by atomic mass is 10.3. The third-order valence-corrected chi connectivity index (χ3v) is 2.31. The first-order chi connectivity index (χ1) is 5.00. The van der Waals surface area contributed by atoms with Crippen LogP contribution < -0.4 is 10.9 Å². The average Bonchev–Trinajstić information content (AvgIpc) is 1.86. The molecular weight excluding hydrogens is 160 g/mol. The number of benzene rings is 1. The van der Waals surface area contributed by atoms with E-state index in [2.05, 4.69) is 5.87 Å². The summed E-state index contributed by atoms with van der Waals surface area (Å²) in [7, 11) is -2.61. The van der Waals surface area contributed by atoms with Crippen molar-refractivity contribution in [3.8, 4) is 0 Å². The van der Waals surface area contributed by atoms with Gasteiger partial charge in [0.15, 0.2) is 0 Å². The summed E-state index contributed by atoms with van der Waals surface area (Å²) >= 11 is 0. The number of nitrogen functional groups attached to an aromatic ring is 1. The van der Waals surface area contributed by atoms with Crippen molar-refractivity contribution in [3.05, 3.63) is 24.3 Å². The van der Waals surface area contributed by atoms with Crippen molar-refractivity contribution in [3.63, 3.8) is 0 Å². The van der Waals surface area contributed by atoms with Crippen molar-refractivity contribution >= 4 is 21.3 Å². The van der Waals surface area contributed by atoms with Gasteiger partial charge in [0.05, 0.1) is 9.71 Å². The van der Waals surface area contributed by atoms with Gasteiger partial charge in [-0.3, -0.25) is 5.14 Å². The van der Waals surface area contributed by atoms with Crippen LogP contribution >= 0.6 is 0 Å². The van der Waals surface area contributed by atoms with E-state index in [0.717, 1.165) is 0 Å². The van der Waals surface area contributed by atoms with Gasteiger partial charge in [0.2, 0.25) is 0 Å². The highest BCUT2D eigenvalue weighted by atomic mass is 32.2. The van der Waals surface area contributed by atoms with Crippen LogP contribution in [0.3, 0.4) is 0 Å². The standard InChI is InChI=1S/C7H10N2OS/c1-11(9,10)7-4-2-3-6(8)5-7/h2-5H,1,8H2,(H2,9,10). The van der Waals surface area contributed by atoms with Gasteiger partial charge in [-0.1, -0.05) is 6.07 Å². The maximum atomic E-state index is 11.2. The predicted octanol–water partition coefficient (Wildman–Crippen LogP) is 0.218. The van der Waals surface area contributed by atoms with Gasteiger partial charge >= 0.3 is 0 Å². The van der Waals surface area contributed by atoms with Gasteiger partial charge < -0.3 is 5.73 Å². The highest BCUT2D eigenvalue weighted by Crippen LogP contribution is 2.09. The van der Waals surface area contributed by atoms with Gasteiger partial charge in [0, 0.05) is 10.6 Å². The van der Waals surface area contributed by atoms with Crippen molar-refractivity contribution in [2.75, 3.05) is 5.73 Å². The Kier molecular flexibility index (Phi) is 1.89. The molecule has 0 bridgehead atoms. The smallest absolute Gasteiger partial charge is 0.0508 e. The second kappa shape index (κ2) is 2.56. The molecule has 0 radical (unpaired) electrons. The van der Waals surface area contributed by atoms with E-state index in [1.54, 1.807) is 24.3 Å². The topological polar surface area (TPSA) is 69.1 Å². The fourth-order valence-electron chi connectivity index (χ4n) is 0.729. The van der Waals surface area contributed by atoms with Crippen molar-refractivity contribution < 1.29 is 4.21 Å². The minimum atomic E-state index is -2.61. The number of hydrogen-bond donors (Lipinski definition) is 2. The predicted molar refractivity (Wildman–Crippen MR) is 48.6 cm³/mol. The summed E-state index contributed by atoms with van der Waals surface area (Å²) in [5.74, 6) is 3.33. The van der Waals surface area contributed by atoms with E-state index < -0.39 is 9.71 Å². The molecular formula is C7H10N2OS. The van der Waals surface area contributed by atoms with Crippen LogP contribution in [0.2, 0.25) is 0 Å². The van der Waals surface area contributed by atoms with E-state index in [4.69, 9.17) is 10.9 Å². The van der Waals surface area contributed by atoms with E-state index in [1.165, 1.54) is 0 Å². The molecule has 0 amide bonds. The molecule has 1 aromatic rings. The molecule has 1 unspecified atom stereocenters.